The normalized spacial score (nSPS) is 21.9. The summed E-state index contributed by atoms with van der Waals surface area (Å²) in [6.07, 6.45) is 8.21. The monoisotopic (exact) mass is 270 g/mol. The van der Waals surface area contributed by atoms with Crippen molar-refractivity contribution in [1.29, 1.82) is 0 Å². The third kappa shape index (κ3) is 6.73. The summed E-state index contributed by atoms with van der Waals surface area (Å²) in [5, 5.41) is 3.53. The fourth-order valence-electron chi connectivity index (χ4n) is 3.06. The molecule has 1 rings (SSSR count). The molecular formula is C16H34N2O. The average Bonchev–Trinajstić information content (AvgIpc) is 2.87. The van der Waals surface area contributed by atoms with Crippen molar-refractivity contribution in [3.8, 4) is 0 Å². The lowest BCUT2D eigenvalue weighted by Crippen LogP contribution is -2.41. The number of hydrogen-bond acceptors (Lipinski definition) is 3. The number of likely N-dealkylation sites (tertiary alicyclic amines) is 1. The summed E-state index contributed by atoms with van der Waals surface area (Å²) in [7, 11) is 1.77. The quantitative estimate of drug-likeness (QED) is 0.584. The molecule has 114 valence electrons. The smallest absolute Gasteiger partial charge is 0.0587 e. The Kier molecular flexibility index (Phi) is 9.48. The number of unbranched alkanes of at least 4 members (excludes halogenated alkanes) is 1. The van der Waals surface area contributed by atoms with Crippen molar-refractivity contribution in [1.82, 2.24) is 10.2 Å². The van der Waals surface area contributed by atoms with Gasteiger partial charge < -0.3 is 10.1 Å². The van der Waals surface area contributed by atoms with E-state index in [9.17, 15) is 0 Å². The fourth-order valence-corrected chi connectivity index (χ4v) is 3.06. The van der Waals surface area contributed by atoms with Gasteiger partial charge in [0.1, 0.15) is 0 Å². The lowest BCUT2D eigenvalue weighted by atomic mass is 9.98. The average molecular weight is 270 g/mol. The lowest BCUT2D eigenvalue weighted by Gasteiger charge is -2.29. The molecule has 2 unspecified atom stereocenters. The Morgan fingerprint density at radius 1 is 1.37 bits per heavy atom. The Balaban J connectivity index is 2.25. The molecule has 0 radical (unpaired) electrons. The molecule has 0 aliphatic carbocycles. The van der Waals surface area contributed by atoms with Gasteiger partial charge in [-0.1, -0.05) is 33.1 Å². The van der Waals surface area contributed by atoms with Gasteiger partial charge in [-0.05, 0) is 31.7 Å². The molecule has 1 fully saturated rings. The number of nitrogens with zero attached hydrogens (tertiary/aromatic N) is 1. The van der Waals surface area contributed by atoms with Gasteiger partial charge in [-0.25, -0.2) is 0 Å². The summed E-state index contributed by atoms with van der Waals surface area (Å²) in [6.45, 7) is 10.2. The van der Waals surface area contributed by atoms with Crippen LogP contribution in [0.2, 0.25) is 0 Å². The first kappa shape index (κ1) is 16.9. The van der Waals surface area contributed by atoms with Gasteiger partial charge >= 0.3 is 0 Å². The van der Waals surface area contributed by atoms with E-state index < -0.39 is 0 Å². The van der Waals surface area contributed by atoms with Crippen LogP contribution in [0, 0.1) is 5.92 Å². The second kappa shape index (κ2) is 10.6. The van der Waals surface area contributed by atoms with Crippen LogP contribution in [0.4, 0.5) is 0 Å². The van der Waals surface area contributed by atoms with E-state index in [0.717, 1.165) is 31.7 Å². The molecule has 0 amide bonds. The molecule has 0 bridgehead atoms. The van der Waals surface area contributed by atoms with Gasteiger partial charge in [0, 0.05) is 32.8 Å². The highest BCUT2D eigenvalue weighted by molar-refractivity contribution is 4.82. The minimum Gasteiger partial charge on any atom is -0.383 e. The molecular weight excluding hydrogens is 236 g/mol. The van der Waals surface area contributed by atoms with E-state index in [2.05, 4.69) is 24.1 Å². The first-order chi connectivity index (χ1) is 9.31. The van der Waals surface area contributed by atoms with Crippen molar-refractivity contribution in [2.24, 2.45) is 5.92 Å². The summed E-state index contributed by atoms with van der Waals surface area (Å²) in [5.74, 6) is 0.902. The number of nitrogens with one attached hydrogen (secondary N) is 1. The molecule has 1 saturated heterocycles. The van der Waals surface area contributed by atoms with Crippen molar-refractivity contribution < 1.29 is 4.74 Å². The number of methoxy groups -OCH3 is 1. The van der Waals surface area contributed by atoms with E-state index in [1.165, 1.54) is 51.6 Å². The minimum atomic E-state index is 0.757. The van der Waals surface area contributed by atoms with E-state index >= 15 is 0 Å². The number of ether oxygens (including phenoxy) is 1. The van der Waals surface area contributed by atoms with E-state index in [1.807, 2.05) is 0 Å². The van der Waals surface area contributed by atoms with Gasteiger partial charge in [-0.3, -0.25) is 4.90 Å². The molecule has 0 aromatic carbocycles. The highest BCUT2D eigenvalue weighted by Crippen LogP contribution is 2.21. The lowest BCUT2D eigenvalue weighted by molar-refractivity contribution is 0.182. The van der Waals surface area contributed by atoms with E-state index in [-0.39, 0.29) is 0 Å². The molecule has 1 aliphatic heterocycles. The van der Waals surface area contributed by atoms with Gasteiger partial charge in [-0.2, -0.15) is 0 Å². The Bertz CT molecular complexity index is 211. The Morgan fingerprint density at radius 3 is 2.89 bits per heavy atom. The van der Waals surface area contributed by atoms with Crippen LogP contribution in [0.15, 0.2) is 0 Å². The van der Waals surface area contributed by atoms with Crippen molar-refractivity contribution in [2.45, 2.75) is 58.4 Å². The highest BCUT2D eigenvalue weighted by atomic mass is 16.5. The highest BCUT2D eigenvalue weighted by Gasteiger charge is 2.25. The standard InChI is InChI=1S/C16H34N2O/c1-4-6-8-15(5-2)14-18-11-7-9-16(18)13-17-10-12-19-3/h15-17H,4-14H2,1-3H3. The van der Waals surface area contributed by atoms with Crippen LogP contribution in [-0.2, 0) is 4.74 Å². The molecule has 2 atom stereocenters. The van der Waals surface area contributed by atoms with Gasteiger partial charge in [-0.15, -0.1) is 0 Å². The predicted octanol–water partition coefficient (Wildman–Crippen LogP) is 2.90. The van der Waals surface area contributed by atoms with Crippen LogP contribution in [0.25, 0.3) is 0 Å². The molecule has 1 aliphatic rings. The zero-order chi connectivity index (χ0) is 13.9. The van der Waals surface area contributed by atoms with Crippen LogP contribution in [0.5, 0.6) is 0 Å². The summed E-state index contributed by atoms with van der Waals surface area (Å²) < 4.78 is 5.08. The summed E-state index contributed by atoms with van der Waals surface area (Å²) in [6, 6.07) is 0.757. The fraction of sp³-hybridized carbons (Fsp3) is 1.00. The van der Waals surface area contributed by atoms with Crippen molar-refractivity contribution in [2.75, 3.05) is 39.9 Å². The second-order valence-electron chi connectivity index (χ2n) is 5.90. The van der Waals surface area contributed by atoms with E-state index in [4.69, 9.17) is 4.74 Å². The molecule has 19 heavy (non-hydrogen) atoms. The molecule has 1 heterocycles. The Morgan fingerprint density at radius 2 is 2.21 bits per heavy atom. The Labute approximate surface area is 120 Å². The number of hydrogen-bond donors (Lipinski definition) is 1. The van der Waals surface area contributed by atoms with Gasteiger partial charge in [0.2, 0.25) is 0 Å². The van der Waals surface area contributed by atoms with Crippen LogP contribution >= 0.6 is 0 Å². The first-order valence-electron chi connectivity index (χ1n) is 8.25. The molecule has 0 aromatic rings. The summed E-state index contributed by atoms with van der Waals surface area (Å²) in [5.41, 5.74) is 0. The van der Waals surface area contributed by atoms with Crippen molar-refractivity contribution in [3.05, 3.63) is 0 Å². The summed E-state index contributed by atoms with van der Waals surface area (Å²) in [4.78, 5) is 2.73. The largest absolute Gasteiger partial charge is 0.383 e. The maximum absolute atomic E-state index is 5.08. The van der Waals surface area contributed by atoms with Gasteiger partial charge in [0.05, 0.1) is 6.61 Å². The minimum absolute atomic E-state index is 0.757. The molecule has 3 heteroatoms. The van der Waals surface area contributed by atoms with Crippen LogP contribution in [-0.4, -0.2) is 50.8 Å². The van der Waals surface area contributed by atoms with Crippen LogP contribution in [0.1, 0.15) is 52.4 Å². The maximum atomic E-state index is 5.08. The Hall–Kier alpha value is -0.120. The molecule has 0 aromatic heterocycles. The second-order valence-corrected chi connectivity index (χ2v) is 5.90. The molecule has 1 N–H and O–H groups in total. The van der Waals surface area contributed by atoms with Crippen LogP contribution in [0.3, 0.4) is 0 Å². The molecule has 0 saturated carbocycles. The van der Waals surface area contributed by atoms with Gasteiger partial charge in [0.25, 0.3) is 0 Å². The topological polar surface area (TPSA) is 24.5 Å². The van der Waals surface area contributed by atoms with E-state index in [0.29, 0.717) is 0 Å². The first-order valence-corrected chi connectivity index (χ1v) is 8.25. The third-order valence-electron chi connectivity index (χ3n) is 4.40. The zero-order valence-electron chi connectivity index (χ0n) is 13.3. The summed E-state index contributed by atoms with van der Waals surface area (Å²) >= 11 is 0. The third-order valence-corrected chi connectivity index (χ3v) is 4.40. The number of rotatable bonds is 11. The maximum Gasteiger partial charge on any atom is 0.0587 e. The predicted molar refractivity (Wildman–Crippen MR) is 82.6 cm³/mol. The van der Waals surface area contributed by atoms with Crippen LogP contribution < -0.4 is 5.32 Å². The van der Waals surface area contributed by atoms with Crippen molar-refractivity contribution >= 4 is 0 Å². The molecule has 0 spiro atoms. The van der Waals surface area contributed by atoms with Crippen molar-refractivity contribution in [3.63, 3.8) is 0 Å². The zero-order valence-corrected chi connectivity index (χ0v) is 13.3. The SMILES string of the molecule is CCCCC(CC)CN1CCCC1CNCCOC. The van der Waals surface area contributed by atoms with E-state index in [1.54, 1.807) is 7.11 Å². The van der Waals surface area contributed by atoms with Gasteiger partial charge in [0.15, 0.2) is 0 Å². The molecule has 3 nitrogen and oxygen atoms in total.